The van der Waals surface area contributed by atoms with Gasteiger partial charge >= 0.3 is 0 Å². The first-order valence-corrected chi connectivity index (χ1v) is 6.72. The fourth-order valence-electron chi connectivity index (χ4n) is 2.87. The van der Waals surface area contributed by atoms with Crippen LogP contribution in [0.3, 0.4) is 0 Å². The lowest BCUT2D eigenvalue weighted by Crippen LogP contribution is -2.32. The monoisotopic (exact) mass is 265 g/mol. The maximum Gasteiger partial charge on any atom is 0.154 e. The van der Waals surface area contributed by atoms with Crippen molar-refractivity contribution < 1.29 is 0 Å². The molecule has 0 unspecified atom stereocenters. The minimum absolute atomic E-state index is 0.805. The average molecular weight is 265 g/mol. The smallest absolute Gasteiger partial charge is 0.154 e. The summed E-state index contributed by atoms with van der Waals surface area (Å²) in [7, 11) is 0. The molecule has 0 aliphatic carbocycles. The van der Waals surface area contributed by atoms with Crippen molar-refractivity contribution in [3.05, 3.63) is 54.0 Å². The van der Waals surface area contributed by atoms with Gasteiger partial charge < -0.3 is 10.6 Å². The fraction of sp³-hybridized carbons (Fsp3) is 0.200. The van der Waals surface area contributed by atoms with Gasteiger partial charge in [0.15, 0.2) is 5.82 Å². The van der Waals surface area contributed by atoms with Gasteiger partial charge in [-0.3, -0.25) is 0 Å². The van der Waals surface area contributed by atoms with E-state index >= 15 is 0 Å². The van der Waals surface area contributed by atoms with Gasteiger partial charge in [0.2, 0.25) is 0 Å². The minimum Gasteiger partial charge on any atom is -0.398 e. The highest BCUT2D eigenvalue weighted by Gasteiger charge is 2.20. The topological polar surface area (TPSA) is 59.5 Å². The highest BCUT2D eigenvalue weighted by Crippen LogP contribution is 2.28. The zero-order valence-electron chi connectivity index (χ0n) is 11.0. The van der Waals surface area contributed by atoms with Crippen molar-refractivity contribution >= 4 is 17.0 Å². The lowest BCUT2D eigenvalue weighted by molar-refractivity contribution is 0.721. The van der Waals surface area contributed by atoms with Gasteiger partial charge in [0, 0.05) is 31.2 Å². The fourth-order valence-corrected chi connectivity index (χ4v) is 2.87. The van der Waals surface area contributed by atoms with E-state index in [4.69, 9.17) is 5.73 Å². The third-order valence-electron chi connectivity index (χ3n) is 3.91. The second kappa shape index (κ2) is 4.23. The minimum atomic E-state index is 0.805. The molecule has 0 bridgehead atoms. The van der Waals surface area contributed by atoms with Crippen LogP contribution in [0.15, 0.2) is 42.9 Å². The number of nitrogens with zero attached hydrogens (tertiary/aromatic N) is 4. The molecule has 0 atom stereocenters. The van der Waals surface area contributed by atoms with E-state index in [2.05, 4.69) is 21.0 Å². The van der Waals surface area contributed by atoms with Crippen molar-refractivity contribution in [2.45, 2.75) is 13.0 Å². The van der Waals surface area contributed by atoms with Crippen LogP contribution in [0.5, 0.6) is 0 Å². The molecule has 100 valence electrons. The third kappa shape index (κ3) is 1.63. The second-order valence-electron chi connectivity index (χ2n) is 5.07. The number of anilines is 2. The van der Waals surface area contributed by atoms with Crippen LogP contribution in [-0.2, 0) is 13.0 Å². The number of hydrogen-bond acceptors (Lipinski definition) is 4. The third-order valence-corrected chi connectivity index (χ3v) is 3.91. The number of rotatable bonds is 1. The zero-order valence-corrected chi connectivity index (χ0v) is 11.0. The molecule has 20 heavy (non-hydrogen) atoms. The van der Waals surface area contributed by atoms with E-state index in [0.717, 1.165) is 36.5 Å². The van der Waals surface area contributed by atoms with Gasteiger partial charge in [0.05, 0.1) is 6.20 Å². The van der Waals surface area contributed by atoms with E-state index < -0.39 is 0 Å². The molecule has 1 aliphatic heterocycles. The normalized spacial score (nSPS) is 14.5. The highest BCUT2D eigenvalue weighted by atomic mass is 15.3. The number of aromatic nitrogens is 3. The number of benzene rings is 1. The second-order valence-corrected chi connectivity index (χ2v) is 5.07. The highest BCUT2D eigenvalue weighted by molar-refractivity contribution is 5.69. The van der Waals surface area contributed by atoms with Gasteiger partial charge in [0.25, 0.3) is 0 Å². The largest absolute Gasteiger partial charge is 0.398 e. The van der Waals surface area contributed by atoms with Crippen LogP contribution in [0.2, 0.25) is 0 Å². The predicted octanol–water partition coefficient (Wildman–Crippen LogP) is 1.87. The first kappa shape index (κ1) is 11.3. The molecule has 2 aromatic heterocycles. The van der Waals surface area contributed by atoms with Gasteiger partial charge in [-0.15, -0.1) is 0 Å². The van der Waals surface area contributed by atoms with E-state index in [1.54, 1.807) is 12.4 Å². The molecule has 2 N–H and O–H groups in total. The molecule has 5 heteroatoms. The molecule has 1 aromatic carbocycles. The molecule has 0 fully saturated rings. The number of hydrogen-bond donors (Lipinski definition) is 1. The molecular formula is C15H15N5. The lowest BCUT2D eigenvalue weighted by atomic mass is 9.98. The maximum absolute atomic E-state index is 6.11. The molecule has 3 aromatic rings. The first-order valence-electron chi connectivity index (χ1n) is 6.72. The van der Waals surface area contributed by atoms with Gasteiger partial charge in [-0.1, -0.05) is 12.1 Å². The van der Waals surface area contributed by atoms with Crippen molar-refractivity contribution in [3.8, 4) is 0 Å². The standard InChI is InChI=1S/C15H15N5/c16-13-3-1-2-11-5-8-19(10-12(11)13)15-14-4-6-18-20(14)9-7-17-15/h1-4,6-7,9H,5,8,10,16H2. The molecule has 0 spiro atoms. The van der Waals surface area contributed by atoms with Crippen molar-refractivity contribution in [2.75, 3.05) is 17.2 Å². The Labute approximate surface area is 116 Å². The zero-order chi connectivity index (χ0) is 13.5. The summed E-state index contributed by atoms with van der Waals surface area (Å²) in [6.45, 7) is 1.76. The van der Waals surface area contributed by atoms with Gasteiger partial charge in [-0.2, -0.15) is 5.10 Å². The van der Waals surface area contributed by atoms with E-state index in [1.807, 2.05) is 28.9 Å². The molecule has 0 radical (unpaired) electrons. The molecule has 4 rings (SSSR count). The molecule has 0 saturated carbocycles. The Kier molecular flexibility index (Phi) is 2.39. The Morgan fingerprint density at radius 1 is 1.15 bits per heavy atom. The molecule has 5 nitrogen and oxygen atoms in total. The van der Waals surface area contributed by atoms with E-state index in [1.165, 1.54) is 11.1 Å². The van der Waals surface area contributed by atoms with Gasteiger partial charge in [0.1, 0.15) is 5.52 Å². The Bertz CT molecular complexity index is 777. The first-order chi connectivity index (χ1) is 9.83. The molecule has 1 aliphatic rings. The Morgan fingerprint density at radius 3 is 3.05 bits per heavy atom. The van der Waals surface area contributed by atoms with Crippen molar-refractivity contribution in [1.29, 1.82) is 0 Å². The Morgan fingerprint density at radius 2 is 2.10 bits per heavy atom. The Hall–Kier alpha value is -2.56. The van der Waals surface area contributed by atoms with Crippen LogP contribution in [0.1, 0.15) is 11.1 Å². The SMILES string of the molecule is Nc1cccc2c1CN(c1nccn3nccc13)CC2. The number of nitrogen functional groups attached to an aromatic ring is 1. The maximum atomic E-state index is 6.11. The lowest BCUT2D eigenvalue weighted by Gasteiger charge is -2.30. The van der Waals surface area contributed by atoms with Crippen LogP contribution in [0.25, 0.3) is 5.52 Å². The van der Waals surface area contributed by atoms with Gasteiger partial charge in [-0.05, 0) is 29.7 Å². The summed E-state index contributed by atoms with van der Waals surface area (Å²) >= 11 is 0. The average Bonchev–Trinajstić information content (AvgIpc) is 2.96. The summed E-state index contributed by atoms with van der Waals surface area (Å²) in [5, 5.41) is 4.26. The molecule has 0 saturated heterocycles. The Balaban J connectivity index is 1.78. The van der Waals surface area contributed by atoms with Crippen molar-refractivity contribution in [3.63, 3.8) is 0 Å². The molecular weight excluding hydrogens is 250 g/mol. The molecule has 3 heterocycles. The molecule has 0 amide bonds. The number of fused-ring (bicyclic) bond motifs is 2. The van der Waals surface area contributed by atoms with Crippen molar-refractivity contribution in [2.24, 2.45) is 0 Å². The van der Waals surface area contributed by atoms with Gasteiger partial charge in [-0.25, -0.2) is 9.50 Å². The van der Waals surface area contributed by atoms with E-state index in [0.29, 0.717) is 0 Å². The van der Waals surface area contributed by atoms with E-state index in [9.17, 15) is 0 Å². The van der Waals surface area contributed by atoms with Crippen molar-refractivity contribution in [1.82, 2.24) is 14.6 Å². The van der Waals surface area contributed by atoms with Crippen LogP contribution >= 0.6 is 0 Å². The quantitative estimate of drug-likeness (QED) is 0.682. The van der Waals surface area contributed by atoms with Crippen LogP contribution in [0, 0.1) is 0 Å². The predicted molar refractivity (Wildman–Crippen MR) is 78.6 cm³/mol. The van der Waals surface area contributed by atoms with E-state index in [-0.39, 0.29) is 0 Å². The van der Waals surface area contributed by atoms with Crippen LogP contribution in [0.4, 0.5) is 11.5 Å². The summed E-state index contributed by atoms with van der Waals surface area (Å²) in [4.78, 5) is 6.80. The van der Waals surface area contributed by atoms with Crippen LogP contribution < -0.4 is 10.6 Å². The summed E-state index contributed by atoms with van der Waals surface area (Å²) < 4.78 is 1.85. The summed E-state index contributed by atoms with van der Waals surface area (Å²) in [6, 6.07) is 8.15. The summed E-state index contributed by atoms with van der Waals surface area (Å²) in [5.41, 5.74) is 10.6. The number of nitrogens with two attached hydrogens (primary N) is 1. The van der Waals surface area contributed by atoms with Crippen LogP contribution in [-0.4, -0.2) is 21.1 Å². The summed E-state index contributed by atoms with van der Waals surface area (Å²) in [5.74, 6) is 0.971. The summed E-state index contributed by atoms with van der Waals surface area (Å²) in [6.07, 6.45) is 6.45.